The highest BCUT2D eigenvalue weighted by Gasteiger charge is 2.37. The normalized spacial score (nSPS) is 21.5. The summed E-state index contributed by atoms with van der Waals surface area (Å²) in [6, 6.07) is 5.52. The van der Waals surface area contributed by atoms with Crippen molar-refractivity contribution in [1.29, 1.82) is 5.26 Å². The summed E-state index contributed by atoms with van der Waals surface area (Å²) in [5.74, 6) is 0.337. The van der Waals surface area contributed by atoms with Crippen LogP contribution in [0.1, 0.15) is 30.5 Å². The van der Waals surface area contributed by atoms with Crippen LogP contribution in [-0.2, 0) is 6.18 Å². The van der Waals surface area contributed by atoms with Crippen molar-refractivity contribution in [2.24, 2.45) is 5.92 Å². The summed E-state index contributed by atoms with van der Waals surface area (Å²) >= 11 is 0. The van der Waals surface area contributed by atoms with Gasteiger partial charge in [-0.15, -0.1) is 0 Å². The molecule has 0 N–H and O–H groups in total. The molecule has 0 bridgehead atoms. The van der Waals surface area contributed by atoms with Gasteiger partial charge in [-0.25, -0.2) is 4.98 Å². The third-order valence-electron chi connectivity index (χ3n) is 4.60. The van der Waals surface area contributed by atoms with Gasteiger partial charge in [-0.2, -0.15) is 18.4 Å². The molecule has 0 aliphatic carbocycles. The number of halogens is 3. The highest BCUT2D eigenvalue weighted by molar-refractivity contribution is 5.59. The van der Waals surface area contributed by atoms with E-state index in [9.17, 15) is 13.2 Å². The van der Waals surface area contributed by atoms with Gasteiger partial charge in [0, 0.05) is 25.5 Å². The van der Waals surface area contributed by atoms with Gasteiger partial charge in [0.05, 0.1) is 35.3 Å². The Bertz CT molecular complexity index is 746. The van der Waals surface area contributed by atoms with E-state index in [1.807, 2.05) is 16.8 Å². The minimum Gasteiger partial charge on any atom is -0.369 e. The average Bonchev–Trinajstić information content (AvgIpc) is 3.08. The van der Waals surface area contributed by atoms with Crippen LogP contribution in [0, 0.1) is 17.2 Å². The van der Waals surface area contributed by atoms with Crippen molar-refractivity contribution < 1.29 is 13.2 Å². The maximum atomic E-state index is 13.4. The average molecular weight is 334 g/mol. The lowest BCUT2D eigenvalue weighted by Crippen LogP contribution is -2.41. The first kappa shape index (κ1) is 16.4. The molecule has 1 aliphatic heterocycles. The fourth-order valence-corrected chi connectivity index (χ4v) is 3.22. The molecule has 0 radical (unpaired) electrons. The number of piperidine rings is 1. The number of alkyl halides is 3. The molecule has 126 valence electrons. The third kappa shape index (κ3) is 3.09. The molecule has 4 nitrogen and oxygen atoms in total. The smallest absolute Gasteiger partial charge is 0.369 e. The van der Waals surface area contributed by atoms with Crippen LogP contribution in [0.2, 0.25) is 0 Å². The van der Waals surface area contributed by atoms with Gasteiger partial charge in [0.25, 0.3) is 0 Å². The molecular formula is C17H17F3N4. The number of imidazole rings is 1. The minimum absolute atomic E-state index is 0.0491. The van der Waals surface area contributed by atoms with E-state index in [1.54, 1.807) is 17.4 Å². The van der Waals surface area contributed by atoms with Gasteiger partial charge in [0.2, 0.25) is 0 Å². The second-order valence-electron chi connectivity index (χ2n) is 6.13. The molecule has 1 aliphatic rings. The van der Waals surface area contributed by atoms with Gasteiger partial charge >= 0.3 is 6.18 Å². The molecule has 1 fully saturated rings. The van der Waals surface area contributed by atoms with E-state index in [4.69, 9.17) is 5.26 Å². The maximum absolute atomic E-state index is 13.4. The lowest BCUT2D eigenvalue weighted by atomic mass is 9.92. The summed E-state index contributed by atoms with van der Waals surface area (Å²) in [6.45, 7) is 3.08. The second kappa shape index (κ2) is 6.19. The zero-order valence-corrected chi connectivity index (χ0v) is 13.2. The summed E-state index contributed by atoms with van der Waals surface area (Å²) in [7, 11) is 0. The topological polar surface area (TPSA) is 44.9 Å². The Kier molecular flexibility index (Phi) is 4.22. The number of hydrogen-bond donors (Lipinski definition) is 0. The van der Waals surface area contributed by atoms with E-state index < -0.39 is 11.7 Å². The highest BCUT2D eigenvalue weighted by Crippen LogP contribution is 2.39. The van der Waals surface area contributed by atoms with Crippen LogP contribution in [0.25, 0.3) is 0 Å². The Hall–Kier alpha value is -2.49. The predicted octanol–water partition coefficient (Wildman–Crippen LogP) is 3.86. The van der Waals surface area contributed by atoms with Crippen LogP contribution in [0.3, 0.4) is 0 Å². The van der Waals surface area contributed by atoms with E-state index in [0.29, 0.717) is 19.0 Å². The highest BCUT2D eigenvalue weighted by atomic mass is 19.4. The molecule has 2 atom stereocenters. The van der Waals surface area contributed by atoms with E-state index in [2.05, 4.69) is 11.9 Å². The summed E-state index contributed by atoms with van der Waals surface area (Å²) in [4.78, 5) is 5.77. The molecule has 24 heavy (non-hydrogen) atoms. The van der Waals surface area contributed by atoms with Crippen LogP contribution < -0.4 is 4.90 Å². The van der Waals surface area contributed by atoms with E-state index >= 15 is 0 Å². The maximum Gasteiger partial charge on any atom is 0.418 e. The van der Waals surface area contributed by atoms with Crippen molar-refractivity contribution in [2.75, 3.05) is 18.0 Å². The first-order chi connectivity index (χ1) is 11.4. The van der Waals surface area contributed by atoms with Crippen molar-refractivity contribution in [2.45, 2.75) is 25.6 Å². The zero-order chi connectivity index (χ0) is 17.3. The van der Waals surface area contributed by atoms with Crippen LogP contribution in [0.15, 0.2) is 36.9 Å². The summed E-state index contributed by atoms with van der Waals surface area (Å²) in [5, 5.41) is 9.04. The first-order valence-corrected chi connectivity index (χ1v) is 7.74. The van der Waals surface area contributed by atoms with Gasteiger partial charge in [0.1, 0.15) is 0 Å². The SMILES string of the molecule is CC1CCN(c2cc(C#N)ccc2C(F)(F)F)CC1n1ccnc1. The molecule has 3 rings (SSSR count). The van der Waals surface area contributed by atoms with Gasteiger partial charge in [-0.05, 0) is 30.5 Å². The van der Waals surface area contributed by atoms with Gasteiger partial charge in [0.15, 0.2) is 0 Å². The van der Waals surface area contributed by atoms with Crippen LogP contribution >= 0.6 is 0 Å². The number of hydrogen-bond acceptors (Lipinski definition) is 3. The summed E-state index contributed by atoms with van der Waals surface area (Å²) in [5.41, 5.74) is -0.380. The number of aromatic nitrogens is 2. The molecule has 1 saturated heterocycles. The van der Waals surface area contributed by atoms with Crippen molar-refractivity contribution in [3.63, 3.8) is 0 Å². The summed E-state index contributed by atoms with van der Waals surface area (Å²) < 4.78 is 42.0. The van der Waals surface area contributed by atoms with E-state index in [-0.39, 0.29) is 17.3 Å². The first-order valence-electron chi connectivity index (χ1n) is 7.74. The zero-order valence-electron chi connectivity index (χ0n) is 13.2. The van der Waals surface area contributed by atoms with Crippen molar-refractivity contribution in [3.05, 3.63) is 48.0 Å². The standard InChI is InChI=1S/C17H17F3N4/c1-12-4-6-23(10-16(12)24-7-5-22-11-24)15-8-13(9-21)2-3-14(15)17(18,19)20/h2-3,5,7-8,11-12,16H,4,6,10H2,1H3. The summed E-state index contributed by atoms with van der Waals surface area (Å²) in [6.07, 6.45) is 1.53. The quantitative estimate of drug-likeness (QED) is 0.838. The Labute approximate surface area is 138 Å². The molecule has 7 heteroatoms. The van der Waals surface area contributed by atoms with E-state index in [0.717, 1.165) is 12.5 Å². The molecule has 1 aromatic heterocycles. The largest absolute Gasteiger partial charge is 0.418 e. The van der Waals surface area contributed by atoms with E-state index in [1.165, 1.54) is 12.1 Å². The molecule has 2 heterocycles. The lowest BCUT2D eigenvalue weighted by Gasteiger charge is -2.40. The van der Waals surface area contributed by atoms with Crippen LogP contribution in [0.5, 0.6) is 0 Å². The Morgan fingerprint density at radius 2 is 2.12 bits per heavy atom. The Morgan fingerprint density at radius 1 is 1.33 bits per heavy atom. The molecular weight excluding hydrogens is 317 g/mol. The van der Waals surface area contributed by atoms with Crippen molar-refractivity contribution >= 4 is 5.69 Å². The predicted molar refractivity (Wildman–Crippen MR) is 83.4 cm³/mol. The number of benzene rings is 1. The number of nitrogens with zero attached hydrogens (tertiary/aromatic N) is 4. The minimum atomic E-state index is -4.45. The van der Waals surface area contributed by atoms with Crippen molar-refractivity contribution in [3.8, 4) is 6.07 Å². The number of nitriles is 1. The molecule has 0 saturated carbocycles. The lowest BCUT2D eigenvalue weighted by molar-refractivity contribution is -0.137. The Morgan fingerprint density at radius 3 is 2.75 bits per heavy atom. The molecule has 1 aromatic carbocycles. The van der Waals surface area contributed by atoms with Crippen LogP contribution in [-0.4, -0.2) is 22.6 Å². The Balaban J connectivity index is 1.97. The van der Waals surface area contributed by atoms with Gasteiger partial charge in [-0.3, -0.25) is 0 Å². The molecule has 2 aromatic rings. The molecule has 2 unspecified atom stereocenters. The van der Waals surface area contributed by atoms with Gasteiger partial charge < -0.3 is 9.47 Å². The number of rotatable bonds is 2. The number of anilines is 1. The fraction of sp³-hybridized carbons (Fsp3) is 0.412. The fourth-order valence-electron chi connectivity index (χ4n) is 3.22. The van der Waals surface area contributed by atoms with Crippen LogP contribution in [0.4, 0.5) is 18.9 Å². The monoisotopic (exact) mass is 334 g/mol. The van der Waals surface area contributed by atoms with Gasteiger partial charge in [-0.1, -0.05) is 6.92 Å². The molecule has 0 spiro atoms. The second-order valence-corrected chi connectivity index (χ2v) is 6.13. The van der Waals surface area contributed by atoms with Crippen molar-refractivity contribution in [1.82, 2.24) is 9.55 Å². The third-order valence-corrected chi connectivity index (χ3v) is 4.60. The molecule has 0 amide bonds.